The first-order valence-corrected chi connectivity index (χ1v) is 11.9. The number of nitrogens with zero attached hydrogens (tertiary/aromatic N) is 3. The molecular formula is C28H33N3O2. The minimum Gasteiger partial charge on any atom is -0.453 e. The van der Waals surface area contributed by atoms with Gasteiger partial charge in [-0.15, -0.1) is 0 Å². The van der Waals surface area contributed by atoms with Gasteiger partial charge in [0.1, 0.15) is 0 Å². The summed E-state index contributed by atoms with van der Waals surface area (Å²) in [5.74, 6) is 1.33. The van der Waals surface area contributed by atoms with Crippen LogP contribution in [0.3, 0.4) is 0 Å². The minimum absolute atomic E-state index is 0.0630. The predicted octanol–water partition coefficient (Wildman–Crippen LogP) is 6.77. The number of aryl methyl sites for hydroxylation is 1. The summed E-state index contributed by atoms with van der Waals surface area (Å²) < 4.78 is 6.43. The van der Waals surface area contributed by atoms with E-state index >= 15 is 0 Å². The molecule has 5 heteroatoms. The lowest BCUT2D eigenvalue weighted by Gasteiger charge is -2.33. The summed E-state index contributed by atoms with van der Waals surface area (Å²) in [6, 6.07) is 20.0. The van der Waals surface area contributed by atoms with Gasteiger partial charge in [-0.05, 0) is 71.0 Å². The van der Waals surface area contributed by atoms with Crippen LogP contribution in [0.2, 0.25) is 0 Å². The molecule has 0 unspecified atom stereocenters. The van der Waals surface area contributed by atoms with Crippen LogP contribution in [0.4, 0.5) is 22.7 Å². The van der Waals surface area contributed by atoms with Crippen molar-refractivity contribution < 1.29 is 9.53 Å². The topological polar surface area (TPSA) is 36.0 Å². The van der Waals surface area contributed by atoms with Gasteiger partial charge >= 0.3 is 0 Å². The molecule has 0 N–H and O–H groups in total. The van der Waals surface area contributed by atoms with E-state index in [4.69, 9.17) is 4.74 Å². The fourth-order valence-corrected chi connectivity index (χ4v) is 4.40. The van der Waals surface area contributed by atoms with Crippen LogP contribution in [0.5, 0.6) is 11.5 Å². The van der Waals surface area contributed by atoms with Crippen molar-refractivity contribution in [1.29, 1.82) is 0 Å². The van der Waals surface area contributed by atoms with Gasteiger partial charge in [-0.3, -0.25) is 9.69 Å². The summed E-state index contributed by atoms with van der Waals surface area (Å²) in [6.07, 6.45) is 0. The largest absolute Gasteiger partial charge is 0.453 e. The molecule has 0 aliphatic carbocycles. The Morgan fingerprint density at radius 1 is 0.727 bits per heavy atom. The average Bonchev–Trinajstić information content (AvgIpc) is 2.84. The number of benzene rings is 3. The lowest BCUT2D eigenvalue weighted by atomic mass is 10.1. The third-order valence-corrected chi connectivity index (χ3v) is 6.35. The van der Waals surface area contributed by atoms with E-state index in [1.165, 1.54) is 0 Å². The third-order valence-electron chi connectivity index (χ3n) is 6.35. The highest BCUT2D eigenvalue weighted by molar-refractivity contribution is 6.13. The molecule has 3 aromatic carbocycles. The van der Waals surface area contributed by atoms with Crippen LogP contribution in [0.1, 0.15) is 43.6 Å². The van der Waals surface area contributed by atoms with E-state index in [1.54, 1.807) is 4.90 Å². The van der Waals surface area contributed by atoms with Crippen molar-refractivity contribution >= 4 is 28.7 Å². The van der Waals surface area contributed by atoms with Crippen LogP contribution in [0, 0.1) is 6.92 Å². The van der Waals surface area contributed by atoms with Crippen molar-refractivity contribution in [3.05, 3.63) is 71.8 Å². The van der Waals surface area contributed by atoms with Crippen LogP contribution in [0.25, 0.3) is 0 Å². The van der Waals surface area contributed by atoms with Gasteiger partial charge in [0.15, 0.2) is 11.5 Å². The highest BCUT2D eigenvalue weighted by Gasteiger charge is 2.31. The lowest BCUT2D eigenvalue weighted by Crippen LogP contribution is -2.29. The number of ether oxygens (including phenoxy) is 1. The second-order valence-electron chi connectivity index (χ2n) is 8.26. The van der Waals surface area contributed by atoms with Crippen molar-refractivity contribution in [3.63, 3.8) is 0 Å². The van der Waals surface area contributed by atoms with E-state index in [1.807, 2.05) is 55.5 Å². The third kappa shape index (κ3) is 4.28. The Balaban J connectivity index is 1.84. The monoisotopic (exact) mass is 443 g/mol. The van der Waals surface area contributed by atoms with Crippen LogP contribution in [-0.2, 0) is 0 Å². The van der Waals surface area contributed by atoms with Crippen molar-refractivity contribution in [1.82, 2.24) is 0 Å². The van der Waals surface area contributed by atoms with E-state index < -0.39 is 0 Å². The van der Waals surface area contributed by atoms with Gasteiger partial charge < -0.3 is 14.5 Å². The summed E-state index contributed by atoms with van der Waals surface area (Å²) in [5, 5.41) is 0. The maximum atomic E-state index is 13.7. The van der Waals surface area contributed by atoms with Gasteiger partial charge in [0, 0.05) is 55.2 Å². The van der Waals surface area contributed by atoms with Crippen LogP contribution in [0.15, 0.2) is 60.7 Å². The fourth-order valence-electron chi connectivity index (χ4n) is 4.40. The van der Waals surface area contributed by atoms with Gasteiger partial charge in [-0.2, -0.15) is 0 Å². The Labute approximate surface area is 197 Å². The zero-order chi connectivity index (χ0) is 23.5. The molecule has 3 aromatic rings. The number of fused-ring (bicyclic) bond motifs is 2. The number of amides is 1. The van der Waals surface area contributed by atoms with Crippen molar-refractivity contribution in [3.8, 4) is 11.5 Å². The summed E-state index contributed by atoms with van der Waals surface area (Å²) in [6.45, 7) is 14.2. The van der Waals surface area contributed by atoms with Gasteiger partial charge in [0.2, 0.25) is 0 Å². The number of carbonyl (C=O) groups excluding carboxylic acids is 1. The number of carbonyl (C=O) groups is 1. The van der Waals surface area contributed by atoms with Gasteiger partial charge in [0.25, 0.3) is 5.91 Å². The number of rotatable bonds is 7. The van der Waals surface area contributed by atoms with Crippen molar-refractivity contribution in [2.24, 2.45) is 0 Å². The SMILES string of the molecule is CCN(CC)c1ccc2c(c1)Oc1cc(N(CC)CC)ccc1N2C(=O)c1ccc(C)cc1. The molecule has 0 atom stereocenters. The highest BCUT2D eigenvalue weighted by Crippen LogP contribution is 2.49. The molecule has 1 heterocycles. The molecule has 1 aliphatic rings. The van der Waals surface area contributed by atoms with Gasteiger partial charge in [0.05, 0.1) is 11.4 Å². The molecular weight excluding hydrogens is 410 g/mol. The first-order valence-electron chi connectivity index (χ1n) is 11.9. The van der Waals surface area contributed by atoms with Crippen LogP contribution in [-0.4, -0.2) is 32.1 Å². The molecule has 33 heavy (non-hydrogen) atoms. The second-order valence-corrected chi connectivity index (χ2v) is 8.26. The van der Waals surface area contributed by atoms with E-state index in [2.05, 4.69) is 49.6 Å². The fraction of sp³-hybridized carbons (Fsp3) is 0.321. The molecule has 1 amide bonds. The molecule has 0 saturated carbocycles. The summed E-state index contributed by atoms with van der Waals surface area (Å²) in [4.78, 5) is 20.1. The molecule has 0 radical (unpaired) electrons. The molecule has 4 rings (SSSR count). The second kappa shape index (κ2) is 9.57. The zero-order valence-electron chi connectivity index (χ0n) is 20.3. The van der Waals surface area contributed by atoms with Crippen molar-refractivity contribution in [2.45, 2.75) is 34.6 Å². The average molecular weight is 444 g/mol. The summed E-state index contributed by atoms with van der Waals surface area (Å²) >= 11 is 0. The Bertz CT molecular complexity index is 1070. The Morgan fingerprint density at radius 2 is 1.18 bits per heavy atom. The highest BCUT2D eigenvalue weighted by atomic mass is 16.5. The van der Waals surface area contributed by atoms with E-state index in [0.717, 1.165) is 54.5 Å². The molecule has 0 bridgehead atoms. The van der Waals surface area contributed by atoms with Crippen LogP contribution >= 0.6 is 0 Å². The normalized spacial score (nSPS) is 12.0. The van der Waals surface area contributed by atoms with Crippen molar-refractivity contribution in [2.75, 3.05) is 40.9 Å². The van der Waals surface area contributed by atoms with Crippen LogP contribution < -0.4 is 19.4 Å². The van der Waals surface area contributed by atoms with E-state index in [-0.39, 0.29) is 5.91 Å². The first-order chi connectivity index (χ1) is 16.0. The molecule has 172 valence electrons. The first kappa shape index (κ1) is 22.7. The standard InChI is InChI=1S/C28H33N3O2/c1-6-29(7-2)22-14-16-24-26(18-22)33-27-19-23(30(8-3)9-4)15-17-25(27)31(24)28(32)21-12-10-20(5)11-13-21/h10-19H,6-9H2,1-5H3. The zero-order valence-corrected chi connectivity index (χ0v) is 20.3. The molecule has 0 aromatic heterocycles. The summed E-state index contributed by atoms with van der Waals surface area (Å²) in [7, 11) is 0. The Hall–Kier alpha value is -3.47. The molecule has 0 fully saturated rings. The maximum Gasteiger partial charge on any atom is 0.263 e. The Kier molecular flexibility index (Phi) is 6.59. The maximum absolute atomic E-state index is 13.7. The van der Waals surface area contributed by atoms with Gasteiger partial charge in [-0.25, -0.2) is 0 Å². The molecule has 0 saturated heterocycles. The molecule has 1 aliphatic heterocycles. The minimum atomic E-state index is -0.0630. The smallest absolute Gasteiger partial charge is 0.263 e. The molecule has 5 nitrogen and oxygen atoms in total. The van der Waals surface area contributed by atoms with E-state index in [9.17, 15) is 4.79 Å². The predicted molar refractivity (Wildman–Crippen MR) is 138 cm³/mol. The van der Waals surface area contributed by atoms with E-state index in [0.29, 0.717) is 17.1 Å². The number of hydrogen-bond donors (Lipinski definition) is 0. The molecule has 0 spiro atoms. The van der Waals surface area contributed by atoms with Gasteiger partial charge in [-0.1, -0.05) is 17.7 Å². The number of hydrogen-bond acceptors (Lipinski definition) is 4. The Morgan fingerprint density at radius 3 is 1.61 bits per heavy atom. The summed E-state index contributed by atoms with van der Waals surface area (Å²) in [5.41, 5.74) is 5.48. The number of anilines is 4. The quantitative estimate of drug-likeness (QED) is 0.404. The lowest BCUT2D eigenvalue weighted by molar-refractivity contribution is 0.0997.